The van der Waals surface area contributed by atoms with Crippen LogP contribution in [0.15, 0.2) is 35.7 Å². The van der Waals surface area contributed by atoms with Crippen LogP contribution < -0.4 is 0 Å². The predicted molar refractivity (Wildman–Crippen MR) is 80.1 cm³/mol. The van der Waals surface area contributed by atoms with E-state index in [4.69, 9.17) is 11.6 Å². The molecular formula is C15H14ClNO2S. The molecule has 1 N–H and O–H groups in total. The molecule has 104 valence electrons. The van der Waals surface area contributed by atoms with Crippen molar-refractivity contribution in [2.24, 2.45) is 0 Å². The van der Waals surface area contributed by atoms with Crippen LogP contribution in [0.5, 0.6) is 0 Å². The van der Waals surface area contributed by atoms with Gasteiger partial charge in [0.1, 0.15) is 6.04 Å². The van der Waals surface area contributed by atoms with Gasteiger partial charge in [-0.2, -0.15) is 0 Å². The van der Waals surface area contributed by atoms with Gasteiger partial charge in [-0.15, -0.1) is 11.3 Å². The number of benzene rings is 1. The third-order valence-electron chi connectivity index (χ3n) is 3.62. The van der Waals surface area contributed by atoms with E-state index in [2.05, 4.69) is 0 Å². The molecule has 0 saturated heterocycles. The zero-order chi connectivity index (χ0) is 14.1. The van der Waals surface area contributed by atoms with Crippen molar-refractivity contribution in [1.29, 1.82) is 0 Å². The highest BCUT2D eigenvalue weighted by Gasteiger charge is 2.31. The van der Waals surface area contributed by atoms with Crippen LogP contribution in [0, 0.1) is 0 Å². The van der Waals surface area contributed by atoms with Gasteiger partial charge in [0, 0.05) is 23.0 Å². The molecular weight excluding hydrogens is 294 g/mol. The highest BCUT2D eigenvalue weighted by Crippen LogP contribution is 2.28. The third-order valence-corrected chi connectivity index (χ3v) is 4.72. The maximum absolute atomic E-state index is 11.5. The second-order valence-electron chi connectivity index (χ2n) is 4.96. The van der Waals surface area contributed by atoms with Crippen molar-refractivity contribution in [3.8, 4) is 0 Å². The third kappa shape index (κ3) is 2.73. The first-order chi connectivity index (χ1) is 9.63. The largest absolute Gasteiger partial charge is 0.480 e. The quantitative estimate of drug-likeness (QED) is 0.944. The molecule has 0 fully saturated rings. The van der Waals surface area contributed by atoms with Crippen molar-refractivity contribution in [1.82, 2.24) is 4.90 Å². The van der Waals surface area contributed by atoms with Crippen LogP contribution in [0.4, 0.5) is 0 Å². The molecule has 1 aromatic carbocycles. The van der Waals surface area contributed by atoms with Crippen LogP contribution in [0.2, 0.25) is 5.02 Å². The summed E-state index contributed by atoms with van der Waals surface area (Å²) in [4.78, 5) is 14.7. The number of hydrogen-bond donors (Lipinski definition) is 1. The van der Waals surface area contributed by atoms with E-state index in [9.17, 15) is 9.90 Å². The van der Waals surface area contributed by atoms with Gasteiger partial charge in [0.05, 0.1) is 0 Å². The summed E-state index contributed by atoms with van der Waals surface area (Å²) in [5.41, 5.74) is 2.22. The van der Waals surface area contributed by atoms with Gasteiger partial charge >= 0.3 is 5.97 Å². The first-order valence-electron chi connectivity index (χ1n) is 6.40. The van der Waals surface area contributed by atoms with Gasteiger partial charge in [-0.05, 0) is 41.1 Å². The number of halogens is 1. The zero-order valence-corrected chi connectivity index (χ0v) is 12.3. The molecule has 0 saturated carbocycles. The molecule has 3 rings (SSSR count). The average Bonchev–Trinajstić information content (AvgIpc) is 2.90. The minimum Gasteiger partial charge on any atom is -0.480 e. The van der Waals surface area contributed by atoms with Crippen molar-refractivity contribution in [2.45, 2.75) is 25.6 Å². The minimum absolute atomic E-state index is 0.467. The van der Waals surface area contributed by atoms with E-state index in [-0.39, 0.29) is 0 Å². The zero-order valence-electron chi connectivity index (χ0n) is 10.8. The molecule has 5 heteroatoms. The SMILES string of the molecule is O=C(O)[C@H]1Cc2ccc(Cl)cc2CN1Cc1cccs1. The van der Waals surface area contributed by atoms with Gasteiger partial charge in [-0.1, -0.05) is 23.7 Å². The van der Waals surface area contributed by atoms with Gasteiger partial charge in [0.15, 0.2) is 0 Å². The Morgan fingerprint density at radius 1 is 1.40 bits per heavy atom. The van der Waals surface area contributed by atoms with E-state index in [0.717, 1.165) is 11.1 Å². The van der Waals surface area contributed by atoms with Gasteiger partial charge in [0.2, 0.25) is 0 Å². The Hall–Kier alpha value is -1.36. The number of nitrogens with zero attached hydrogens (tertiary/aromatic N) is 1. The molecule has 0 bridgehead atoms. The van der Waals surface area contributed by atoms with Gasteiger partial charge in [-0.3, -0.25) is 9.69 Å². The molecule has 0 amide bonds. The molecule has 1 aliphatic heterocycles. The van der Waals surface area contributed by atoms with Crippen molar-refractivity contribution in [2.75, 3.05) is 0 Å². The molecule has 3 nitrogen and oxygen atoms in total. The van der Waals surface area contributed by atoms with Gasteiger partial charge in [0.25, 0.3) is 0 Å². The molecule has 0 aliphatic carbocycles. The van der Waals surface area contributed by atoms with Crippen LogP contribution in [-0.4, -0.2) is 22.0 Å². The summed E-state index contributed by atoms with van der Waals surface area (Å²) in [6.45, 7) is 1.30. The summed E-state index contributed by atoms with van der Waals surface area (Å²) in [6, 6.07) is 9.27. The summed E-state index contributed by atoms with van der Waals surface area (Å²) < 4.78 is 0. The minimum atomic E-state index is -0.762. The molecule has 2 aromatic rings. The number of fused-ring (bicyclic) bond motifs is 1. The Bertz CT molecular complexity index is 627. The van der Waals surface area contributed by atoms with Gasteiger partial charge in [-0.25, -0.2) is 0 Å². The Balaban J connectivity index is 1.89. The summed E-state index contributed by atoms with van der Waals surface area (Å²) in [5.74, 6) is -0.762. The van der Waals surface area contributed by atoms with Crippen molar-refractivity contribution in [3.05, 3.63) is 56.7 Å². The molecule has 0 unspecified atom stereocenters. The Morgan fingerprint density at radius 3 is 2.95 bits per heavy atom. The second kappa shape index (κ2) is 5.56. The molecule has 0 radical (unpaired) electrons. The first-order valence-corrected chi connectivity index (χ1v) is 7.66. The van der Waals surface area contributed by atoms with E-state index in [1.54, 1.807) is 11.3 Å². The van der Waals surface area contributed by atoms with E-state index in [0.29, 0.717) is 24.5 Å². The summed E-state index contributed by atoms with van der Waals surface area (Å²) in [6.07, 6.45) is 0.535. The predicted octanol–water partition coefficient (Wildman–Crippen LogP) is 3.41. The van der Waals surface area contributed by atoms with Crippen molar-refractivity contribution >= 4 is 28.9 Å². The van der Waals surface area contributed by atoms with Crippen molar-refractivity contribution in [3.63, 3.8) is 0 Å². The van der Waals surface area contributed by atoms with Crippen LogP contribution in [0.1, 0.15) is 16.0 Å². The van der Waals surface area contributed by atoms with E-state index in [1.165, 1.54) is 4.88 Å². The molecule has 20 heavy (non-hydrogen) atoms. The molecule has 1 atom stereocenters. The maximum Gasteiger partial charge on any atom is 0.321 e. The fourth-order valence-electron chi connectivity index (χ4n) is 2.62. The number of rotatable bonds is 3. The number of thiophene rings is 1. The van der Waals surface area contributed by atoms with Crippen LogP contribution >= 0.6 is 22.9 Å². The lowest BCUT2D eigenvalue weighted by atomic mass is 9.94. The van der Waals surface area contributed by atoms with Gasteiger partial charge < -0.3 is 5.11 Å². The van der Waals surface area contributed by atoms with Crippen LogP contribution in [0.3, 0.4) is 0 Å². The van der Waals surface area contributed by atoms with E-state index in [1.807, 2.05) is 40.6 Å². The van der Waals surface area contributed by atoms with Crippen LogP contribution in [-0.2, 0) is 24.3 Å². The smallest absolute Gasteiger partial charge is 0.321 e. The van der Waals surface area contributed by atoms with Crippen LogP contribution in [0.25, 0.3) is 0 Å². The highest BCUT2D eigenvalue weighted by molar-refractivity contribution is 7.09. The topological polar surface area (TPSA) is 40.5 Å². The number of carboxylic acid groups (broad SMARTS) is 1. The lowest BCUT2D eigenvalue weighted by Crippen LogP contribution is -2.44. The monoisotopic (exact) mass is 307 g/mol. The lowest BCUT2D eigenvalue weighted by molar-refractivity contribution is -0.144. The molecule has 1 aromatic heterocycles. The normalized spacial score (nSPS) is 18.8. The van der Waals surface area contributed by atoms with Crippen molar-refractivity contribution < 1.29 is 9.90 Å². The standard InChI is InChI=1S/C15H14ClNO2S/c16-12-4-3-10-7-14(15(18)19)17(8-11(10)6-12)9-13-2-1-5-20-13/h1-6,14H,7-9H2,(H,18,19)/t14-/m1/s1. The Labute approximate surface area is 126 Å². The molecule has 1 aliphatic rings. The number of carboxylic acids is 1. The number of hydrogen-bond acceptors (Lipinski definition) is 3. The van der Waals surface area contributed by atoms with E-state index < -0.39 is 12.0 Å². The average molecular weight is 308 g/mol. The Kier molecular flexibility index (Phi) is 3.78. The Morgan fingerprint density at radius 2 is 2.25 bits per heavy atom. The molecule has 2 heterocycles. The summed E-state index contributed by atoms with van der Waals surface area (Å²) in [5, 5.41) is 12.2. The fraction of sp³-hybridized carbons (Fsp3) is 0.267. The van der Waals surface area contributed by atoms with E-state index >= 15 is 0 Å². The maximum atomic E-state index is 11.5. The lowest BCUT2D eigenvalue weighted by Gasteiger charge is -2.34. The number of carbonyl (C=O) groups is 1. The first kappa shape index (κ1) is 13.6. The molecule has 0 spiro atoms. The highest BCUT2D eigenvalue weighted by atomic mass is 35.5. The summed E-state index contributed by atoms with van der Waals surface area (Å²) >= 11 is 7.69. The number of aliphatic carboxylic acids is 1. The summed E-state index contributed by atoms with van der Waals surface area (Å²) in [7, 11) is 0. The fourth-order valence-corrected chi connectivity index (χ4v) is 3.54. The second-order valence-corrected chi connectivity index (χ2v) is 6.42.